The van der Waals surface area contributed by atoms with E-state index in [2.05, 4.69) is 5.32 Å². The number of carbonyl (C=O) groups is 3. The van der Waals surface area contributed by atoms with Gasteiger partial charge in [0.1, 0.15) is 12.4 Å². The van der Waals surface area contributed by atoms with E-state index in [0.717, 1.165) is 23.8 Å². The van der Waals surface area contributed by atoms with Crippen LogP contribution in [0.1, 0.15) is 40.5 Å². The molecule has 2 rings (SSSR count). The fraction of sp³-hybridized carbons (Fsp3) is 0.357. The molecule has 20 heavy (non-hydrogen) atoms. The minimum atomic E-state index is -0.756. The fourth-order valence-electron chi connectivity index (χ4n) is 2.04. The molecule has 1 aromatic rings. The van der Waals surface area contributed by atoms with Crippen LogP contribution in [0.3, 0.4) is 0 Å². The SMILES string of the molecule is CCCCNC(=O)CN1C(=O)c2cccc(F)c2C1=O. The highest BCUT2D eigenvalue weighted by atomic mass is 19.1. The van der Waals surface area contributed by atoms with Gasteiger partial charge in [-0.3, -0.25) is 19.3 Å². The number of hydrogen-bond donors (Lipinski definition) is 1. The number of carbonyl (C=O) groups excluding carboxylic acids is 3. The first kappa shape index (κ1) is 14.2. The number of nitrogens with zero attached hydrogens (tertiary/aromatic N) is 1. The Morgan fingerprint density at radius 3 is 2.70 bits per heavy atom. The first-order chi connectivity index (χ1) is 9.56. The summed E-state index contributed by atoms with van der Waals surface area (Å²) in [6.07, 6.45) is 1.75. The van der Waals surface area contributed by atoms with Crippen LogP contribution in [-0.2, 0) is 4.79 Å². The number of nitrogens with one attached hydrogen (secondary N) is 1. The van der Waals surface area contributed by atoms with Crippen molar-refractivity contribution >= 4 is 17.7 Å². The predicted octanol–water partition coefficient (Wildman–Crippen LogP) is 1.34. The Hall–Kier alpha value is -2.24. The Labute approximate surface area is 115 Å². The lowest BCUT2D eigenvalue weighted by Gasteiger charge is -2.13. The van der Waals surface area contributed by atoms with E-state index in [-0.39, 0.29) is 17.7 Å². The second-order valence-electron chi connectivity index (χ2n) is 4.56. The summed E-state index contributed by atoms with van der Waals surface area (Å²) in [5.74, 6) is -2.55. The fourth-order valence-corrected chi connectivity index (χ4v) is 2.04. The van der Waals surface area contributed by atoms with E-state index < -0.39 is 23.5 Å². The predicted molar refractivity (Wildman–Crippen MR) is 69.7 cm³/mol. The number of hydrogen-bond acceptors (Lipinski definition) is 3. The van der Waals surface area contributed by atoms with Crippen LogP contribution in [0.15, 0.2) is 18.2 Å². The largest absolute Gasteiger partial charge is 0.355 e. The summed E-state index contributed by atoms with van der Waals surface area (Å²) in [7, 11) is 0. The number of amides is 3. The third-order valence-electron chi connectivity index (χ3n) is 3.10. The van der Waals surface area contributed by atoms with Gasteiger partial charge >= 0.3 is 0 Å². The third kappa shape index (κ3) is 2.54. The quantitative estimate of drug-likeness (QED) is 0.653. The molecule has 0 fully saturated rings. The molecule has 0 atom stereocenters. The topological polar surface area (TPSA) is 66.5 Å². The molecule has 1 aliphatic rings. The Bertz CT molecular complexity index is 572. The first-order valence-corrected chi connectivity index (χ1v) is 6.47. The van der Waals surface area contributed by atoms with Crippen molar-refractivity contribution in [1.82, 2.24) is 10.2 Å². The van der Waals surface area contributed by atoms with Gasteiger partial charge in [0, 0.05) is 6.54 Å². The van der Waals surface area contributed by atoms with Crippen LogP contribution in [0, 0.1) is 5.82 Å². The van der Waals surface area contributed by atoms with Crippen molar-refractivity contribution in [2.75, 3.05) is 13.1 Å². The van der Waals surface area contributed by atoms with Crippen molar-refractivity contribution in [1.29, 1.82) is 0 Å². The van der Waals surface area contributed by atoms with Crippen molar-refractivity contribution in [2.45, 2.75) is 19.8 Å². The van der Waals surface area contributed by atoms with E-state index in [0.29, 0.717) is 6.54 Å². The van der Waals surface area contributed by atoms with Crippen LogP contribution >= 0.6 is 0 Å². The smallest absolute Gasteiger partial charge is 0.265 e. The Balaban J connectivity index is 2.09. The van der Waals surface area contributed by atoms with Crippen LogP contribution in [0.2, 0.25) is 0 Å². The Morgan fingerprint density at radius 1 is 1.30 bits per heavy atom. The Morgan fingerprint density at radius 2 is 2.05 bits per heavy atom. The zero-order valence-corrected chi connectivity index (χ0v) is 11.1. The van der Waals surface area contributed by atoms with E-state index in [1.165, 1.54) is 12.1 Å². The molecule has 0 saturated carbocycles. The summed E-state index contributed by atoms with van der Waals surface area (Å²) < 4.78 is 13.6. The van der Waals surface area contributed by atoms with E-state index >= 15 is 0 Å². The first-order valence-electron chi connectivity index (χ1n) is 6.47. The molecule has 1 aromatic carbocycles. The minimum absolute atomic E-state index is 0.0105. The van der Waals surface area contributed by atoms with Gasteiger partial charge in [-0.2, -0.15) is 0 Å². The number of unbranched alkanes of at least 4 members (excludes halogenated alkanes) is 1. The van der Waals surface area contributed by atoms with Gasteiger partial charge in [0.25, 0.3) is 11.8 Å². The molecule has 106 valence electrons. The zero-order valence-electron chi connectivity index (χ0n) is 11.1. The number of benzene rings is 1. The van der Waals surface area contributed by atoms with E-state index in [1.807, 2.05) is 6.92 Å². The van der Waals surface area contributed by atoms with Crippen LogP contribution in [0.25, 0.3) is 0 Å². The van der Waals surface area contributed by atoms with Crippen LogP contribution in [0.5, 0.6) is 0 Å². The van der Waals surface area contributed by atoms with E-state index in [1.54, 1.807) is 0 Å². The minimum Gasteiger partial charge on any atom is -0.355 e. The van der Waals surface area contributed by atoms with Gasteiger partial charge in [0.05, 0.1) is 11.1 Å². The summed E-state index contributed by atoms with van der Waals surface area (Å²) >= 11 is 0. The van der Waals surface area contributed by atoms with Crippen LogP contribution in [-0.4, -0.2) is 35.7 Å². The van der Waals surface area contributed by atoms with Gasteiger partial charge in [0.15, 0.2) is 0 Å². The molecule has 0 bridgehead atoms. The molecular formula is C14H15FN2O3. The lowest BCUT2D eigenvalue weighted by molar-refractivity contribution is -0.121. The molecule has 3 amide bonds. The zero-order chi connectivity index (χ0) is 14.7. The summed E-state index contributed by atoms with van der Waals surface area (Å²) in [6, 6.07) is 3.87. The molecule has 0 aliphatic carbocycles. The second-order valence-corrected chi connectivity index (χ2v) is 4.56. The highest BCUT2D eigenvalue weighted by Gasteiger charge is 2.38. The summed E-state index contributed by atoms with van der Waals surface area (Å²) in [4.78, 5) is 36.4. The second kappa shape index (κ2) is 5.81. The van der Waals surface area contributed by atoms with Crippen molar-refractivity contribution < 1.29 is 18.8 Å². The van der Waals surface area contributed by atoms with Gasteiger partial charge < -0.3 is 5.32 Å². The summed E-state index contributed by atoms with van der Waals surface area (Å²) in [5.41, 5.74) is -0.241. The molecule has 1 heterocycles. The molecular weight excluding hydrogens is 263 g/mol. The number of rotatable bonds is 5. The Kier molecular flexibility index (Phi) is 4.12. The molecule has 0 radical (unpaired) electrons. The van der Waals surface area contributed by atoms with E-state index in [4.69, 9.17) is 0 Å². The standard InChI is InChI=1S/C14H15FN2O3/c1-2-3-7-16-11(18)8-17-13(19)9-5-4-6-10(15)12(9)14(17)20/h4-6H,2-3,7-8H2,1H3,(H,16,18). The molecule has 6 heteroatoms. The summed E-state index contributed by atoms with van der Waals surface area (Å²) in [6.45, 7) is 2.10. The molecule has 5 nitrogen and oxygen atoms in total. The maximum Gasteiger partial charge on any atom is 0.265 e. The molecule has 1 aliphatic heterocycles. The van der Waals surface area contributed by atoms with E-state index in [9.17, 15) is 18.8 Å². The van der Waals surface area contributed by atoms with Crippen molar-refractivity contribution in [3.63, 3.8) is 0 Å². The average molecular weight is 278 g/mol. The number of imide groups is 1. The maximum atomic E-state index is 13.6. The van der Waals surface area contributed by atoms with Crippen LogP contribution in [0.4, 0.5) is 4.39 Å². The van der Waals surface area contributed by atoms with Gasteiger partial charge in [-0.25, -0.2) is 4.39 Å². The van der Waals surface area contributed by atoms with Crippen molar-refractivity contribution in [3.8, 4) is 0 Å². The maximum absolute atomic E-state index is 13.6. The molecule has 0 unspecified atom stereocenters. The van der Waals surface area contributed by atoms with Crippen LogP contribution < -0.4 is 5.32 Å². The van der Waals surface area contributed by atoms with Crippen molar-refractivity contribution in [3.05, 3.63) is 35.1 Å². The van der Waals surface area contributed by atoms with Crippen molar-refractivity contribution in [2.24, 2.45) is 0 Å². The summed E-state index contributed by atoms with van der Waals surface area (Å²) in [5, 5.41) is 2.61. The number of halogens is 1. The lowest BCUT2D eigenvalue weighted by atomic mass is 10.1. The van der Waals surface area contributed by atoms with Gasteiger partial charge in [-0.05, 0) is 18.6 Å². The average Bonchev–Trinajstić information content (AvgIpc) is 2.65. The lowest BCUT2D eigenvalue weighted by Crippen LogP contribution is -2.40. The van der Waals surface area contributed by atoms with Gasteiger partial charge in [0.2, 0.25) is 5.91 Å². The third-order valence-corrected chi connectivity index (χ3v) is 3.10. The molecule has 1 N–H and O–H groups in total. The molecule has 0 saturated heterocycles. The highest BCUT2D eigenvalue weighted by Crippen LogP contribution is 2.24. The van der Waals surface area contributed by atoms with Gasteiger partial charge in [-0.15, -0.1) is 0 Å². The molecule has 0 spiro atoms. The normalized spacial score (nSPS) is 13.6. The molecule has 0 aromatic heterocycles. The highest BCUT2D eigenvalue weighted by molar-refractivity contribution is 6.22. The number of fused-ring (bicyclic) bond motifs is 1. The van der Waals surface area contributed by atoms with Gasteiger partial charge in [-0.1, -0.05) is 19.4 Å². The monoisotopic (exact) mass is 278 g/mol.